The Kier molecular flexibility index (Phi) is 9.01. The van der Waals surface area contributed by atoms with Crippen LogP contribution >= 0.6 is 0 Å². The molecule has 56 heavy (non-hydrogen) atoms. The molecule has 270 valence electrons. The zero-order valence-corrected chi connectivity index (χ0v) is 31.4. The van der Waals surface area contributed by atoms with E-state index in [0.29, 0.717) is 12.0 Å². The second-order valence-corrected chi connectivity index (χ2v) is 15.2. The van der Waals surface area contributed by atoms with Crippen molar-refractivity contribution in [3.63, 3.8) is 0 Å². The van der Waals surface area contributed by atoms with Crippen molar-refractivity contribution in [2.75, 3.05) is 4.90 Å². The molecule has 0 amide bonds. The third-order valence-corrected chi connectivity index (χ3v) is 11.9. The summed E-state index contributed by atoms with van der Waals surface area (Å²) in [6.45, 7) is 0. The van der Waals surface area contributed by atoms with Gasteiger partial charge in [0.2, 0.25) is 0 Å². The molecule has 1 aliphatic carbocycles. The van der Waals surface area contributed by atoms with Crippen molar-refractivity contribution in [3.05, 3.63) is 206 Å². The smallest absolute Gasteiger partial charge is 0.143 e. The molecule has 1 saturated carbocycles. The molecule has 0 aliphatic heterocycles. The number of hydrogen-bond acceptors (Lipinski definition) is 2. The van der Waals surface area contributed by atoms with Gasteiger partial charge in [-0.1, -0.05) is 170 Å². The molecule has 9 aromatic rings. The topological polar surface area (TPSA) is 16.4 Å². The maximum atomic E-state index is 6.50. The van der Waals surface area contributed by atoms with Crippen LogP contribution in [0.4, 0.5) is 11.4 Å². The largest absolute Gasteiger partial charge is 0.455 e. The van der Waals surface area contributed by atoms with Crippen LogP contribution < -0.4 is 4.90 Å². The van der Waals surface area contributed by atoms with Crippen molar-refractivity contribution in [1.82, 2.24) is 0 Å². The van der Waals surface area contributed by atoms with Crippen molar-refractivity contribution < 1.29 is 4.42 Å². The summed E-state index contributed by atoms with van der Waals surface area (Å²) in [7, 11) is 0. The lowest BCUT2D eigenvalue weighted by molar-refractivity contribution is 0.392. The molecule has 8 aromatic carbocycles. The van der Waals surface area contributed by atoms with Crippen LogP contribution in [0, 0.1) is 0 Å². The lowest BCUT2D eigenvalue weighted by atomic mass is 9.80. The monoisotopic (exact) mass is 721 g/mol. The van der Waals surface area contributed by atoms with Gasteiger partial charge in [-0.2, -0.15) is 0 Å². The Hall–Kier alpha value is -6.64. The fourth-order valence-corrected chi connectivity index (χ4v) is 8.91. The number of nitrogens with zero attached hydrogens (tertiary/aromatic N) is 1. The molecule has 0 radical (unpaired) electrons. The quantitative estimate of drug-likeness (QED) is 0.155. The first-order chi connectivity index (χ1) is 27.7. The van der Waals surface area contributed by atoms with E-state index in [0.717, 1.165) is 53.2 Å². The summed E-state index contributed by atoms with van der Waals surface area (Å²) in [6, 6.07) is 73.1. The van der Waals surface area contributed by atoms with Crippen LogP contribution in [0.25, 0.3) is 66.4 Å². The zero-order chi connectivity index (χ0) is 37.3. The van der Waals surface area contributed by atoms with Crippen molar-refractivity contribution >= 4 is 33.3 Å². The van der Waals surface area contributed by atoms with Gasteiger partial charge in [-0.05, 0) is 106 Å². The zero-order valence-electron chi connectivity index (χ0n) is 31.4. The molecule has 0 spiro atoms. The maximum Gasteiger partial charge on any atom is 0.143 e. The van der Waals surface area contributed by atoms with Crippen molar-refractivity contribution in [1.29, 1.82) is 0 Å². The van der Waals surface area contributed by atoms with Gasteiger partial charge in [0.05, 0.1) is 0 Å². The van der Waals surface area contributed by atoms with E-state index < -0.39 is 0 Å². The minimum Gasteiger partial charge on any atom is -0.455 e. The van der Waals surface area contributed by atoms with E-state index in [1.165, 1.54) is 55.9 Å². The molecule has 0 bridgehead atoms. The number of rotatable bonds is 8. The summed E-state index contributed by atoms with van der Waals surface area (Å²) in [5.74, 6) is 0.566. The molecule has 0 N–H and O–H groups in total. The Morgan fingerprint density at radius 3 is 1.52 bits per heavy atom. The van der Waals surface area contributed by atoms with Gasteiger partial charge < -0.3 is 9.32 Å². The van der Waals surface area contributed by atoms with Crippen LogP contribution in [0.3, 0.4) is 0 Å². The fourth-order valence-electron chi connectivity index (χ4n) is 8.91. The van der Waals surface area contributed by atoms with Gasteiger partial charge in [0.1, 0.15) is 11.2 Å². The van der Waals surface area contributed by atoms with Crippen molar-refractivity contribution in [3.8, 4) is 44.5 Å². The van der Waals surface area contributed by atoms with Crippen LogP contribution in [0.1, 0.15) is 37.2 Å². The number of fused-ring (bicyclic) bond motifs is 3. The van der Waals surface area contributed by atoms with Crippen molar-refractivity contribution in [2.45, 2.75) is 37.6 Å². The van der Waals surface area contributed by atoms with Crippen LogP contribution in [0.15, 0.2) is 205 Å². The third-order valence-electron chi connectivity index (χ3n) is 11.9. The first-order valence-corrected chi connectivity index (χ1v) is 20.0. The van der Waals surface area contributed by atoms with E-state index in [1.54, 1.807) is 0 Å². The SMILES string of the molecule is c1ccc(-c2ccc(-c3ccc(N(c4cccc(-c5cccc6c5oc5ccccc56)c4)C4CCC(c5ccc(-c6ccccc6)cc5)CC4)cc3)cc2)cc1. The standard InChI is InChI=1S/C54H43NO/c1-3-11-38(12-4-1)40-21-25-42(26-22-40)44-29-33-47(34-30-44)55(48-35-31-45(32-36-48)43-27-23-41(24-28-43)39-13-5-2-6-14-39)49-16-9-15-46(37-49)50-18-10-19-52-51-17-7-8-20-53(51)56-54(50)52/h1-30,33-34,37,45,48H,31-32,35-36H2. The Morgan fingerprint density at radius 1 is 0.375 bits per heavy atom. The van der Waals surface area contributed by atoms with E-state index in [-0.39, 0.29) is 0 Å². The average molecular weight is 722 g/mol. The lowest BCUT2D eigenvalue weighted by Gasteiger charge is -2.39. The lowest BCUT2D eigenvalue weighted by Crippen LogP contribution is -2.34. The molecule has 1 aromatic heterocycles. The Morgan fingerprint density at radius 2 is 0.875 bits per heavy atom. The molecule has 1 fully saturated rings. The second-order valence-electron chi connectivity index (χ2n) is 15.2. The molecule has 0 saturated heterocycles. The number of furan rings is 1. The molecule has 1 aliphatic rings. The molecule has 10 rings (SSSR count). The molecular formula is C54H43NO. The summed E-state index contributed by atoms with van der Waals surface area (Å²) in [5, 5.41) is 2.31. The highest BCUT2D eigenvalue weighted by atomic mass is 16.3. The summed E-state index contributed by atoms with van der Waals surface area (Å²) in [4.78, 5) is 2.61. The average Bonchev–Trinajstić information content (AvgIpc) is 3.67. The highest BCUT2D eigenvalue weighted by Crippen LogP contribution is 2.43. The number of hydrogen-bond donors (Lipinski definition) is 0. The minimum atomic E-state index is 0.378. The number of benzene rings is 8. The van der Waals surface area contributed by atoms with E-state index in [1.807, 2.05) is 6.07 Å². The highest BCUT2D eigenvalue weighted by Gasteiger charge is 2.28. The van der Waals surface area contributed by atoms with Crippen LogP contribution in [0.2, 0.25) is 0 Å². The molecule has 0 unspecified atom stereocenters. The molecule has 2 nitrogen and oxygen atoms in total. The molecule has 2 heteroatoms. The van der Waals surface area contributed by atoms with Crippen LogP contribution in [0.5, 0.6) is 0 Å². The second kappa shape index (κ2) is 14.9. The van der Waals surface area contributed by atoms with Gasteiger partial charge in [-0.3, -0.25) is 0 Å². The molecule has 0 atom stereocenters. The summed E-state index contributed by atoms with van der Waals surface area (Å²) < 4.78 is 6.50. The summed E-state index contributed by atoms with van der Waals surface area (Å²) >= 11 is 0. The van der Waals surface area contributed by atoms with E-state index in [9.17, 15) is 0 Å². The van der Waals surface area contributed by atoms with Crippen LogP contribution in [-0.2, 0) is 0 Å². The predicted molar refractivity (Wildman–Crippen MR) is 235 cm³/mol. The van der Waals surface area contributed by atoms with Gasteiger partial charge in [0, 0.05) is 33.8 Å². The normalized spacial score (nSPS) is 15.6. The third kappa shape index (κ3) is 6.58. The first-order valence-electron chi connectivity index (χ1n) is 20.0. The number of anilines is 2. The first kappa shape index (κ1) is 33.9. The predicted octanol–water partition coefficient (Wildman–Crippen LogP) is 15.1. The Labute approximate surface area is 329 Å². The van der Waals surface area contributed by atoms with E-state index in [2.05, 4.69) is 199 Å². The van der Waals surface area contributed by atoms with Gasteiger partial charge in [-0.25, -0.2) is 0 Å². The Bertz CT molecular complexity index is 2720. The maximum absolute atomic E-state index is 6.50. The van der Waals surface area contributed by atoms with Gasteiger partial charge >= 0.3 is 0 Å². The van der Waals surface area contributed by atoms with E-state index >= 15 is 0 Å². The number of para-hydroxylation sites is 2. The van der Waals surface area contributed by atoms with Gasteiger partial charge in [0.25, 0.3) is 0 Å². The summed E-state index contributed by atoms with van der Waals surface area (Å²) in [5.41, 5.74) is 15.5. The summed E-state index contributed by atoms with van der Waals surface area (Å²) in [6.07, 6.45) is 4.57. The Balaban J connectivity index is 0.966. The van der Waals surface area contributed by atoms with Crippen LogP contribution in [-0.4, -0.2) is 6.04 Å². The van der Waals surface area contributed by atoms with E-state index in [4.69, 9.17) is 4.42 Å². The van der Waals surface area contributed by atoms with Gasteiger partial charge in [-0.15, -0.1) is 0 Å². The molecule has 1 heterocycles. The minimum absolute atomic E-state index is 0.378. The van der Waals surface area contributed by atoms with Gasteiger partial charge in [0.15, 0.2) is 0 Å². The van der Waals surface area contributed by atoms with Crippen molar-refractivity contribution in [2.24, 2.45) is 0 Å². The fraction of sp³-hybridized carbons (Fsp3) is 0.111. The molecular weight excluding hydrogens is 679 g/mol. The highest BCUT2D eigenvalue weighted by molar-refractivity contribution is 6.09.